The zero-order valence-corrected chi connectivity index (χ0v) is 16.0. The van der Waals surface area contributed by atoms with Gasteiger partial charge in [0.2, 0.25) is 0 Å². The first-order valence-electron chi connectivity index (χ1n) is 9.60. The summed E-state index contributed by atoms with van der Waals surface area (Å²) in [5.74, 6) is -0.320. The average Bonchev–Trinajstić information content (AvgIpc) is 3.08. The molecule has 2 fully saturated rings. The number of ether oxygens (including phenoxy) is 1. The number of hydrogen-bond donors (Lipinski definition) is 2. The van der Waals surface area contributed by atoms with Crippen LogP contribution in [-0.4, -0.2) is 75.9 Å². The van der Waals surface area contributed by atoms with E-state index in [2.05, 4.69) is 27.6 Å². The van der Waals surface area contributed by atoms with Gasteiger partial charge in [-0.1, -0.05) is 6.07 Å². The maximum atomic E-state index is 14.0. The highest BCUT2D eigenvalue weighted by atomic mass is 19.1. The lowest BCUT2D eigenvalue weighted by molar-refractivity contribution is -0.0136. The van der Waals surface area contributed by atoms with E-state index in [1.54, 1.807) is 4.90 Å². The highest BCUT2D eigenvalue weighted by molar-refractivity contribution is 5.80. The van der Waals surface area contributed by atoms with E-state index in [-0.39, 0.29) is 17.8 Å². The van der Waals surface area contributed by atoms with Crippen molar-refractivity contribution in [1.29, 1.82) is 0 Å². The van der Waals surface area contributed by atoms with Gasteiger partial charge in [0.1, 0.15) is 17.3 Å². The SMILES string of the molecule is CCNC(=NCC1CN(C)CCO1)NC1CCN(c2c(F)cccc2F)C1. The Balaban J connectivity index is 1.58. The largest absolute Gasteiger partial charge is 0.374 e. The molecule has 1 aromatic rings. The lowest BCUT2D eigenvalue weighted by Crippen LogP contribution is -2.46. The molecule has 6 nitrogen and oxygen atoms in total. The number of aliphatic imine (C=N–C) groups is 1. The number of benzene rings is 1. The number of nitrogens with zero attached hydrogens (tertiary/aromatic N) is 3. The van der Waals surface area contributed by atoms with Crippen molar-refractivity contribution in [3.63, 3.8) is 0 Å². The van der Waals surface area contributed by atoms with Crippen LogP contribution in [0.4, 0.5) is 14.5 Å². The third kappa shape index (κ3) is 5.29. The van der Waals surface area contributed by atoms with Crippen molar-refractivity contribution in [2.24, 2.45) is 4.99 Å². The Bertz CT molecular complexity index is 637. The van der Waals surface area contributed by atoms with Gasteiger partial charge in [0.15, 0.2) is 5.96 Å². The zero-order chi connectivity index (χ0) is 19.2. The van der Waals surface area contributed by atoms with Gasteiger partial charge < -0.3 is 25.2 Å². The van der Waals surface area contributed by atoms with Gasteiger partial charge in [-0.2, -0.15) is 0 Å². The molecule has 150 valence electrons. The fraction of sp³-hybridized carbons (Fsp3) is 0.632. The molecule has 2 heterocycles. The van der Waals surface area contributed by atoms with Crippen LogP contribution in [0.5, 0.6) is 0 Å². The molecule has 0 aromatic heterocycles. The summed E-state index contributed by atoms with van der Waals surface area (Å²) in [6, 6.07) is 4.06. The van der Waals surface area contributed by atoms with Crippen LogP contribution in [0, 0.1) is 11.6 Å². The van der Waals surface area contributed by atoms with Crippen molar-refractivity contribution in [3.8, 4) is 0 Å². The first-order valence-corrected chi connectivity index (χ1v) is 9.60. The molecule has 1 aromatic carbocycles. The van der Waals surface area contributed by atoms with Gasteiger partial charge in [-0.3, -0.25) is 4.99 Å². The predicted molar refractivity (Wildman–Crippen MR) is 103 cm³/mol. The van der Waals surface area contributed by atoms with E-state index in [1.165, 1.54) is 18.2 Å². The van der Waals surface area contributed by atoms with Gasteiger partial charge in [-0.05, 0) is 32.5 Å². The second kappa shape index (κ2) is 9.32. The summed E-state index contributed by atoms with van der Waals surface area (Å²) in [6.07, 6.45) is 0.882. The molecule has 0 saturated carbocycles. The normalized spacial score (nSPS) is 24.3. The minimum atomic E-state index is -0.519. The summed E-state index contributed by atoms with van der Waals surface area (Å²) in [5.41, 5.74) is 0.0578. The smallest absolute Gasteiger partial charge is 0.191 e. The molecular formula is C19H29F2N5O. The van der Waals surface area contributed by atoms with Crippen LogP contribution < -0.4 is 15.5 Å². The van der Waals surface area contributed by atoms with Crippen LogP contribution in [0.1, 0.15) is 13.3 Å². The average molecular weight is 381 g/mol. The predicted octanol–water partition coefficient (Wildman–Crippen LogP) is 1.43. The molecule has 0 radical (unpaired) electrons. The highest BCUT2D eigenvalue weighted by Crippen LogP contribution is 2.26. The summed E-state index contributed by atoms with van der Waals surface area (Å²) < 4.78 is 33.8. The van der Waals surface area contributed by atoms with Crippen molar-refractivity contribution in [2.75, 3.05) is 57.8 Å². The number of nitrogens with one attached hydrogen (secondary N) is 2. The molecule has 2 aliphatic rings. The Hall–Kier alpha value is -1.93. The maximum Gasteiger partial charge on any atom is 0.191 e. The first-order chi connectivity index (χ1) is 13.1. The Morgan fingerprint density at radius 1 is 1.26 bits per heavy atom. The topological polar surface area (TPSA) is 52.1 Å². The molecule has 2 aliphatic heterocycles. The van der Waals surface area contributed by atoms with Crippen LogP contribution in [-0.2, 0) is 4.74 Å². The number of guanidine groups is 1. The number of hydrogen-bond acceptors (Lipinski definition) is 4. The molecule has 0 spiro atoms. The van der Waals surface area contributed by atoms with Gasteiger partial charge in [0, 0.05) is 38.8 Å². The second-order valence-corrected chi connectivity index (χ2v) is 7.12. The van der Waals surface area contributed by atoms with E-state index in [0.29, 0.717) is 19.6 Å². The van der Waals surface area contributed by atoms with Crippen LogP contribution >= 0.6 is 0 Å². The summed E-state index contributed by atoms with van der Waals surface area (Å²) in [4.78, 5) is 8.64. The lowest BCUT2D eigenvalue weighted by Gasteiger charge is -2.29. The number of likely N-dealkylation sites (N-methyl/N-ethyl adjacent to an activating group) is 1. The number of halogens is 2. The molecule has 2 atom stereocenters. The van der Waals surface area contributed by atoms with Gasteiger partial charge in [0.05, 0.1) is 19.3 Å². The van der Waals surface area contributed by atoms with Crippen molar-refractivity contribution in [3.05, 3.63) is 29.8 Å². The van der Waals surface area contributed by atoms with Gasteiger partial charge in [0.25, 0.3) is 0 Å². The lowest BCUT2D eigenvalue weighted by atomic mass is 10.2. The molecular weight excluding hydrogens is 352 g/mol. The summed E-state index contributed by atoms with van der Waals surface area (Å²) in [6.45, 7) is 7.02. The van der Waals surface area contributed by atoms with Crippen molar-refractivity contribution in [1.82, 2.24) is 15.5 Å². The Morgan fingerprint density at radius 3 is 2.74 bits per heavy atom. The summed E-state index contributed by atoms with van der Waals surface area (Å²) in [7, 11) is 2.08. The number of morpholine rings is 1. The van der Waals surface area contributed by atoms with Crippen LogP contribution in [0.15, 0.2) is 23.2 Å². The Labute approximate surface area is 159 Å². The van der Waals surface area contributed by atoms with Crippen molar-refractivity contribution in [2.45, 2.75) is 25.5 Å². The van der Waals surface area contributed by atoms with E-state index in [9.17, 15) is 8.78 Å². The monoisotopic (exact) mass is 381 g/mol. The minimum Gasteiger partial charge on any atom is -0.374 e. The van der Waals surface area contributed by atoms with E-state index in [1.807, 2.05) is 6.92 Å². The van der Waals surface area contributed by atoms with E-state index < -0.39 is 11.6 Å². The van der Waals surface area contributed by atoms with Gasteiger partial charge in [-0.25, -0.2) is 8.78 Å². The Morgan fingerprint density at radius 2 is 2.04 bits per heavy atom. The van der Waals surface area contributed by atoms with E-state index in [4.69, 9.17) is 4.74 Å². The number of rotatable bonds is 5. The zero-order valence-electron chi connectivity index (χ0n) is 16.0. The molecule has 3 rings (SSSR count). The molecule has 2 unspecified atom stereocenters. The molecule has 27 heavy (non-hydrogen) atoms. The quantitative estimate of drug-likeness (QED) is 0.597. The third-order valence-corrected chi connectivity index (χ3v) is 4.92. The first kappa shape index (κ1) is 19.8. The van der Waals surface area contributed by atoms with E-state index >= 15 is 0 Å². The van der Waals surface area contributed by atoms with Crippen LogP contribution in [0.2, 0.25) is 0 Å². The number of para-hydroxylation sites is 1. The molecule has 2 saturated heterocycles. The molecule has 2 N–H and O–H groups in total. The van der Waals surface area contributed by atoms with Crippen molar-refractivity contribution >= 4 is 11.6 Å². The maximum absolute atomic E-state index is 14.0. The fourth-order valence-corrected chi connectivity index (χ4v) is 3.56. The van der Waals surface area contributed by atoms with E-state index in [0.717, 1.165) is 38.6 Å². The summed E-state index contributed by atoms with van der Waals surface area (Å²) >= 11 is 0. The standard InChI is InChI=1S/C19H29F2N5O/c1-3-22-19(23-11-15-13-25(2)9-10-27-15)24-14-7-8-26(12-14)18-16(20)5-4-6-17(18)21/h4-6,14-15H,3,7-13H2,1-2H3,(H2,22,23,24). The van der Waals surface area contributed by atoms with Crippen molar-refractivity contribution < 1.29 is 13.5 Å². The fourth-order valence-electron chi connectivity index (χ4n) is 3.56. The second-order valence-electron chi connectivity index (χ2n) is 7.12. The molecule has 0 aliphatic carbocycles. The Kier molecular flexibility index (Phi) is 6.84. The number of anilines is 1. The molecule has 0 bridgehead atoms. The summed E-state index contributed by atoms with van der Waals surface area (Å²) in [5, 5.41) is 6.63. The highest BCUT2D eigenvalue weighted by Gasteiger charge is 2.27. The van der Waals surface area contributed by atoms with Crippen LogP contribution in [0.25, 0.3) is 0 Å². The van der Waals surface area contributed by atoms with Crippen LogP contribution in [0.3, 0.4) is 0 Å². The minimum absolute atomic E-state index is 0.0578. The molecule has 8 heteroatoms. The van der Waals surface area contributed by atoms with Gasteiger partial charge >= 0.3 is 0 Å². The van der Waals surface area contributed by atoms with Gasteiger partial charge in [-0.15, -0.1) is 0 Å². The third-order valence-electron chi connectivity index (χ3n) is 4.92. The molecule has 0 amide bonds.